The average Bonchev–Trinajstić information content (AvgIpc) is 2.80. The second-order valence-electron chi connectivity index (χ2n) is 9.17. The number of carbonyl (C=O) groups is 1. The molecule has 1 aromatic rings. The van der Waals surface area contributed by atoms with Gasteiger partial charge in [0.1, 0.15) is 12.4 Å². The molecule has 0 N–H and O–H groups in total. The van der Waals surface area contributed by atoms with E-state index in [0.717, 1.165) is 6.29 Å². The number of benzene rings is 1. The summed E-state index contributed by atoms with van der Waals surface area (Å²) >= 11 is 0. The minimum absolute atomic E-state index is 0.219. The van der Waals surface area contributed by atoms with Crippen LogP contribution in [0.25, 0.3) is 0 Å². The Morgan fingerprint density at radius 1 is 0.676 bits per heavy atom. The van der Waals surface area contributed by atoms with Crippen LogP contribution in [0.1, 0.15) is 31.1 Å². The third-order valence-electron chi connectivity index (χ3n) is 5.52. The summed E-state index contributed by atoms with van der Waals surface area (Å²) in [5.41, 5.74) is 0.534. The maximum absolute atomic E-state index is 10.9. The van der Waals surface area contributed by atoms with Crippen LogP contribution in [-0.4, -0.2) is 93.9 Å². The molecule has 0 atom stereocenters. The lowest BCUT2D eigenvalue weighted by Gasteiger charge is -2.36. The van der Waals surface area contributed by atoms with Gasteiger partial charge in [0.05, 0.1) is 78.2 Å². The number of hydrogen-bond acceptors (Lipinski definition) is 8. The molecule has 0 aliphatic rings. The molecule has 0 saturated heterocycles. The largest absolute Gasteiger partial charge is 0.490 e. The van der Waals surface area contributed by atoms with Crippen molar-refractivity contribution in [2.24, 2.45) is 0 Å². The molecule has 196 valence electrons. The Kier molecular flexibility index (Phi) is 16.3. The molecule has 0 bridgehead atoms. The van der Waals surface area contributed by atoms with Gasteiger partial charge in [0.2, 0.25) is 0 Å². The quantitative estimate of drug-likeness (QED) is 0.142. The van der Waals surface area contributed by atoms with E-state index in [4.69, 9.17) is 32.8 Å². The highest BCUT2D eigenvalue weighted by Gasteiger charge is 2.36. The molecule has 0 aliphatic carbocycles. The van der Waals surface area contributed by atoms with Crippen LogP contribution in [0.3, 0.4) is 0 Å². The molecular formula is C25H44O8Si. The molecule has 0 amide bonds. The second kappa shape index (κ2) is 18.0. The fraction of sp³-hybridized carbons (Fsp3) is 0.720. The smallest absolute Gasteiger partial charge is 0.192 e. The SMILES string of the molecule is CC(C)(C)[Si](C)(C)OCCOCCOCCOCCOCCOCCOc1ccccc1C=O. The van der Waals surface area contributed by atoms with Crippen LogP contribution >= 0.6 is 0 Å². The predicted octanol–water partition coefficient (Wildman–Crippen LogP) is 3.98. The van der Waals surface area contributed by atoms with Crippen LogP contribution in [0.5, 0.6) is 5.75 Å². The second-order valence-corrected chi connectivity index (χ2v) is 14.0. The Bertz CT molecular complexity index is 648. The Morgan fingerprint density at radius 3 is 1.53 bits per heavy atom. The fourth-order valence-corrected chi connectivity index (χ4v) is 3.50. The lowest BCUT2D eigenvalue weighted by atomic mass is 10.2. The zero-order valence-electron chi connectivity index (χ0n) is 21.6. The fourth-order valence-electron chi connectivity index (χ4n) is 2.47. The first kappa shape index (κ1) is 30.7. The van der Waals surface area contributed by atoms with Gasteiger partial charge in [-0.25, -0.2) is 0 Å². The standard InChI is InChI=1S/C25H44O8Si/c1-25(2,3)34(4,5)33-21-19-31-17-15-29-13-11-27-10-12-28-14-16-30-18-20-32-24-9-7-6-8-23(24)22-26/h6-9,22H,10-21H2,1-5H3. The Labute approximate surface area is 206 Å². The van der Waals surface area contributed by atoms with E-state index in [9.17, 15) is 4.79 Å². The molecule has 0 spiro atoms. The maximum atomic E-state index is 10.9. The van der Waals surface area contributed by atoms with Crippen molar-refractivity contribution < 1.29 is 37.6 Å². The Hall–Kier alpha value is -1.33. The Morgan fingerprint density at radius 2 is 1.09 bits per heavy atom. The molecular weight excluding hydrogens is 456 g/mol. The molecule has 0 unspecified atom stereocenters. The third kappa shape index (κ3) is 14.2. The summed E-state index contributed by atoms with van der Waals surface area (Å²) in [6.45, 7) is 17.3. The van der Waals surface area contributed by atoms with Crippen LogP contribution < -0.4 is 4.74 Å². The van der Waals surface area contributed by atoms with Crippen LogP contribution in [-0.2, 0) is 28.1 Å². The van der Waals surface area contributed by atoms with E-state index in [0.29, 0.717) is 90.6 Å². The number of hydrogen-bond donors (Lipinski definition) is 0. The minimum Gasteiger partial charge on any atom is -0.490 e. The lowest BCUT2D eigenvalue weighted by Crippen LogP contribution is -2.41. The van der Waals surface area contributed by atoms with E-state index in [1.165, 1.54) is 0 Å². The lowest BCUT2D eigenvalue weighted by molar-refractivity contribution is -0.0144. The number of ether oxygens (including phenoxy) is 6. The van der Waals surface area contributed by atoms with Crippen molar-refractivity contribution in [2.45, 2.75) is 38.9 Å². The van der Waals surface area contributed by atoms with E-state index < -0.39 is 8.32 Å². The molecule has 0 fully saturated rings. The summed E-state index contributed by atoms with van der Waals surface area (Å²) in [5.74, 6) is 0.567. The molecule has 9 heteroatoms. The summed E-state index contributed by atoms with van der Waals surface area (Å²) in [5, 5.41) is 0.219. The highest BCUT2D eigenvalue weighted by molar-refractivity contribution is 6.74. The number of aldehydes is 1. The third-order valence-corrected chi connectivity index (χ3v) is 10.1. The van der Waals surface area contributed by atoms with Gasteiger partial charge in [-0.05, 0) is 30.3 Å². The molecule has 0 radical (unpaired) electrons. The highest BCUT2D eigenvalue weighted by Crippen LogP contribution is 2.36. The molecule has 1 rings (SSSR count). The van der Waals surface area contributed by atoms with E-state index >= 15 is 0 Å². The van der Waals surface area contributed by atoms with Crippen LogP contribution in [0, 0.1) is 0 Å². The summed E-state index contributed by atoms with van der Waals surface area (Å²) in [6.07, 6.45) is 0.779. The number of rotatable bonds is 21. The van der Waals surface area contributed by atoms with Gasteiger partial charge in [0.15, 0.2) is 14.6 Å². The van der Waals surface area contributed by atoms with Gasteiger partial charge in [-0.1, -0.05) is 32.9 Å². The van der Waals surface area contributed by atoms with E-state index in [2.05, 4.69) is 33.9 Å². The van der Waals surface area contributed by atoms with Gasteiger partial charge in [-0.3, -0.25) is 4.79 Å². The van der Waals surface area contributed by atoms with E-state index in [-0.39, 0.29) is 5.04 Å². The van der Waals surface area contributed by atoms with Gasteiger partial charge in [0, 0.05) is 0 Å². The van der Waals surface area contributed by atoms with Crippen molar-refractivity contribution in [3.63, 3.8) is 0 Å². The Balaban J connectivity index is 1.79. The van der Waals surface area contributed by atoms with Crippen molar-refractivity contribution in [1.29, 1.82) is 0 Å². The first-order chi connectivity index (χ1) is 16.3. The van der Waals surface area contributed by atoms with Crippen LogP contribution in [0.4, 0.5) is 0 Å². The van der Waals surface area contributed by atoms with Crippen LogP contribution in [0.15, 0.2) is 24.3 Å². The number of carbonyl (C=O) groups excluding carboxylic acids is 1. The van der Waals surface area contributed by atoms with E-state index in [1.807, 2.05) is 6.07 Å². The number of para-hydroxylation sites is 1. The van der Waals surface area contributed by atoms with E-state index in [1.54, 1.807) is 18.2 Å². The zero-order chi connectivity index (χ0) is 25.1. The molecule has 34 heavy (non-hydrogen) atoms. The van der Waals surface area contributed by atoms with Gasteiger partial charge >= 0.3 is 0 Å². The monoisotopic (exact) mass is 500 g/mol. The average molecular weight is 501 g/mol. The highest BCUT2D eigenvalue weighted by atomic mass is 28.4. The van der Waals surface area contributed by atoms with Crippen molar-refractivity contribution in [1.82, 2.24) is 0 Å². The maximum Gasteiger partial charge on any atom is 0.192 e. The molecule has 0 aromatic heterocycles. The molecule has 0 heterocycles. The molecule has 8 nitrogen and oxygen atoms in total. The first-order valence-electron chi connectivity index (χ1n) is 12.0. The van der Waals surface area contributed by atoms with Gasteiger partial charge in [-0.2, -0.15) is 0 Å². The molecule has 0 saturated carbocycles. The summed E-state index contributed by atoms with van der Waals surface area (Å²) in [6, 6.07) is 7.10. The van der Waals surface area contributed by atoms with Gasteiger partial charge in [-0.15, -0.1) is 0 Å². The zero-order valence-corrected chi connectivity index (χ0v) is 22.6. The molecule has 0 aliphatic heterocycles. The van der Waals surface area contributed by atoms with Crippen molar-refractivity contribution >= 4 is 14.6 Å². The van der Waals surface area contributed by atoms with Crippen molar-refractivity contribution in [3.8, 4) is 5.75 Å². The summed E-state index contributed by atoms with van der Waals surface area (Å²) < 4.78 is 39.0. The minimum atomic E-state index is -1.69. The topological polar surface area (TPSA) is 81.7 Å². The summed E-state index contributed by atoms with van der Waals surface area (Å²) in [4.78, 5) is 10.9. The normalized spacial score (nSPS) is 12.1. The molecule has 1 aromatic carbocycles. The first-order valence-corrected chi connectivity index (χ1v) is 14.9. The van der Waals surface area contributed by atoms with Gasteiger partial charge in [0.25, 0.3) is 0 Å². The van der Waals surface area contributed by atoms with Gasteiger partial charge < -0.3 is 32.8 Å². The van der Waals surface area contributed by atoms with Crippen molar-refractivity contribution in [2.75, 3.05) is 79.3 Å². The van der Waals surface area contributed by atoms with Crippen LogP contribution in [0.2, 0.25) is 18.1 Å². The van der Waals surface area contributed by atoms with Crippen molar-refractivity contribution in [3.05, 3.63) is 29.8 Å². The summed E-state index contributed by atoms with van der Waals surface area (Å²) in [7, 11) is -1.69. The predicted molar refractivity (Wildman–Crippen MR) is 135 cm³/mol.